The molecule has 3 rings (SSSR count). The Hall–Kier alpha value is -2.55. The number of benzene rings is 3. The van der Waals surface area contributed by atoms with E-state index in [9.17, 15) is 21.2 Å². The number of hydrogen-bond donors (Lipinski definition) is 1. The average molecular weight is 448 g/mol. The zero-order valence-electron chi connectivity index (χ0n) is 16.4. The van der Waals surface area contributed by atoms with Gasteiger partial charge in [0.15, 0.2) is 0 Å². The van der Waals surface area contributed by atoms with Crippen LogP contribution in [0.2, 0.25) is 0 Å². The maximum atomic E-state index is 13.8. The van der Waals surface area contributed by atoms with Crippen molar-refractivity contribution in [3.63, 3.8) is 0 Å². The molecule has 3 aromatic carbocycles. The maximum absolute atomic E-state index is 13.8. The summed E-state index contributed by atoms with van der Waals surface area (Å²) in [6.07, 6.45) is 0.588. The number of rotatable bonds is 8. The second-order valence-electron chi connectivity index (χ2n) is 6.68. The maximum Gasteiger partial charge on any atom is 0.240 e. The third kappa shape index (κ3) is 4.77. The van der Waals surface area contributed by atoms with Gasteiger partial charge in [0.1, 0.15) is 5.82 Å². The van der Waals surface area contributed by atoms with Crippen molar-refractivity contribution in [2.75, 3.05) is 6.54 Å². The third-order valence-corrected chi connectivity index (χ3v) is 8.03. The molecule has 0 unspecified atom stereocenters. The zero-order valence-corrected chi connectivity index (χ0v) is 18.0. The minimum Gasteiger partial charge on any atom is -0.219 e. The van der Waals surface area contributed by atoms with Gasteiger partial charge in [-0.15, -0.1) is 0 Å². The van der Waals surface area contributed by atoms with Gasteiger partial charge in [-0.3, -0.25) is 0 Å². The second kappa shape index (κ2) is 9.07. The molecule has 0 amide bonds. The molecule has 3 aromatic rings. The molecule has 8 heteroatoms. The van der Waals surface area contributed by atoms with E-state index in [-0.39, 0.29) is 27.7 Å². The van der Waals surface area contributed by atoms with Crippen molar-refractivity contribution in [2.45, 2.75) is 34.5 Å². The van der Waals surface area contributed by atoms with E-state index in [1.165, 1.54) is 36.4 Å². The quantitative estimate of drug-likeness (QED) is 0.570. The van der Waals surface area contributed by atoms with Gasteiger partial charge in [0.05, 0.1) is 14.7 Å². The summed E-state index contributed by atoms with van der Waals surface area (Å²) < 4.78 is 67.8. The molecule has 1 N–H and O–H groups in total. The van der Waals surface area contributed by atoms with Crippen LogP contribution in [0.4, 0.5) is 4.39 Å². The predicted octanol–water partition coefficient (Wildman–Crippen LogP) is 3.74. The molecule has 158 valence electrons. The van der Waals surface area contributed by atoms with E-state index in [1.807, 2.05) is 0 Å². The fraction of sp³-hybridized carbons (Fsp3) is 0.182. The lowest BCUT2D eigenvalue weighted by molar-refractivity contribution is 0.576. The highest BCUT2D eigenvalue weighted by Crippen LogP contribution is 2.26. The van der Waals surface area contributed by atoms with Crippen molar-refractivity contribution in [3.8, 4) is 0 Å². The summed E-state index contributed by atoms with van der Waals surface area (Å²) in [5.41, 5.74) is 0.900. The second-order valence-corrected chi connectivity index (χ2v) is 10.4. The molecule has 0 radical (unpaired) electrons. The summed E-state index contributed by atoms with van der Waals surface area (Å²) in [5.74, 6) is -0.401. The van der Waals surface area contributed by atoms with Crippen LogP contribution in [0.5, 0.6) is 0 Å². The van der Waals surface area contributed by atoms with Gasteiger partial charge in [-0.25, -0.2) is 25.9 Å². The Morgan fingerprint density at radius 2 is 1.47 bits per heavy atom. The Kier molecular flexibility index (Phi) is 6.70. The molecule has 30 heavy (non-hydrogen) atoms. The van der Waals surface area contributed by atoms with Gasteiger partial charge in [-0.1, -0.05) is 49.4 Å². The van der Waals surface area contributed by atoms with E-state index >= 15 is 0 Å². The number of sulfone groups is 1. The Morgan fingerprint density at radius 1 is 0.800 bits per heavy atom. The zero-order chi connectivity index (χ0) is 21.8. The third-order valence-electron chi connectivity index (χ3n) is 4.72. The fourth-order valence-electron chi connectivity index (χ4n) is 3.08. The SMILES string of the molecule is CCc1ccc(S(=O)(=O)c2ccccc2)cc1S(=O)(=O)NCCc1ccccc1F. The number of sulfonamides is 1. The predicted molar refractivity (Wildman–Crippen MR) is 113 cm³/mol. The van der Waals surface area contributed by atoms with Crippen molar-refractivity contribution in [1.29, 1.82) is 0 Å². The highest BCUT2D eigenvalue weighted by atomic mass is 32.2. The van der Waals surface area contributed by atoms with Gasteiger partial charge in [-0.05, 0) is 54.3 Å². The molecule has 5 nitrogen and oxygen atoms in total. The van der Waals surface area contributed by atoms with Crippen molar-refractivity contribution in [2.24, 2.45) is 0 Å². The minimum atomic E-state index is -3.99. The first-order valence-corrected chi connectivity index (χ1v) is 12.4. The first-order chi connectivity index (χ1) is 14.3. The smallest absolute Gasteiger partial charge is 0.219 e. The molecular weight excluding hydrogens is 425 g/mol. The normalized spacial score (nSPS) is 12.1. The van der Waals surface area contributed by atoms with E-state index in [0.717, 1.165) is 0 Å². The highest BCUT2D eigenvalue weighted by Gasteiger charge is 2.23. The van der Waals surface area contributed by atoms with Crippen LogP contribution < -0.4 is 4.72 Å². The summed E-state index contributed by atoms with van der Waals surface area (Å²) in [6, 6.07) is 18.1. The van der Waals surface area contributed by atoms with Crippen molar-refractivity contribution in [3.05, 3.63) is 89.7 Å². The number of nitrogens with one attached hydrogen (secondary N) is 1. The van der Waals surface area contributed by atoms with Crippen LogP contribution in [0, 0.1) is 5.82 Å². The van der Waals surface area contributed by atoms with Crippen LogP contribution in [-0.4, -0.2) is 23.4 Å². The average Bonchev–Trinajstić information content (AvgIpc) is 2.75. The lowest BCUT2D eigenvalue weighted by Crippen LogP contribution is -2.27. The lowest BCUT2D eigenvalue weighted by atomic mass is 10.1. The molecule has 0 saturated heterocycles. The highest BCUT2D eigenvalue weighted by molar-refractivity contribution is 7.91. The topological polar surface area (TPSA) is 80.3 Å². The van der Waals surface area contributed by atoms with Gasteiger partial charge in [-0.2, -0.15) is 0 Å². The minimum absolute atomic E-state index is 0.0118. The molecule has 0 aliphatic carbocycles. The van der Waals surface area contributed by atoms with Crippen molar-refractivity contribution in [1.82, 2.24) is 4.72 Å². The standard InChI is InChI=1S/C22H22FNO4S2/c1-2-17-12-13-20(29(25,26)19-9-4-3-5-10-19)16-22(17)30(27,28)24-15-14-18-8-6-7-11-21(18)23/h3-13,16,24H,2,14-15H2,1H3. The molecule has 0 aromatic heterocycles. The van der Waals surface area contributed by atoms with E-state index in [1.54, 1.807) is 43.3 Å². The van der Waals surface area contributed by atoms with Crippen LogP contribution in [0.3, 0.4) is 0 Å². The Morgan fingerprint density at radius 3 is 2.13 bits per heavy atom. The molecule has 0 atom stereocenters. The number of halogens is 1. The molecule has 0 aliphatic rings. The number of hydrogen-bond acceptors (Lipinski definition) is 4. The molecule has 0 aliphatic heterocycles. The van der Waals surface area contributed by atoms with Gasteiger partial charge in [0, 0.05) is 6.54 Å². The summed E-state index contributed by atoms with van der Waals surface area (Å²) >= 11 is 0. The number of aryl methyl sites for hydroxylation is 1. The molecule has 0 bridgehead atoms. The van der Waals surface area contributed by atoms with E-state index in [0.29, 0.717) is 17.5 Å². The van der Waals surface area contributed by atoms with Crippen molar-refractivity contribution < 1.29 is 21.2 Å². The van der Waals surface area contributed by atoms with E-state index in [2.05, 4.69) is 4.72 Å². The first kappa shape index (κ1) is 22.1. The van der Waals surface area contributed by atoms with Crippen LogP contribution in [0.1, 0.15) is 18.1 Å². The molecule has 0 spiro atoms. The monoisotopic (exact) mass is 447 g/mol. The molecular formula is C22H22FNO4S2. The Balaban J connectivity index is 1.90. The van der Waals surface area contributed by atoms with Crippen LogP contribution in [0.15, 0.2) is 87.5 Å². The lowest BCUT2D eigenvalue weighted by Gasteiger charge is -2.13. The summed E-state index contributed by atoms with van der Waals surface area (Å²) in [7, 11) is -7.85. The summed E-state index contributed by atoms with van der Waals surface area (Å²) in [5, 5.41) is 0. The first-order valence-electron chi connectivity index (χ1n) is 9.42. The largest absolute Gasteiger partial charge is 0.240 e. The molecule has 0 fully saturated rings. The molecule has 0 saturated carbocycles. The van der Waals surface area contributed by atoms with Gasteiger partial charge in [0.2, 0.25) is 19.9 Å². The summed E-state index contributed by atoms with van der Waals surface area (Å²) in [4.78, 5) is -0.0963. The van der Waals surface area contributed by atoms with Gasteiger partial charge < -0.3 is 0 Å². The molecule has 0 heterocycles. The van der Waals surface area contributed by atoms with Crippen molar-refractivity contribution >= 4 is 19.9 Å². The fourth-order valence-corrected chi connectivity index (χ4v) is 5.83. The summed E-state index contributed by atoms with van der Waals surface area (Å²) in [6.45, 7) is 1.78. The van der Waals surface area contributed by atoms with Crippen LogP contribution in [0.25, 0.3) is 0 Å². The van der Waals surface area contributed by atoms with E-state index in [4.69, 9.17) is 0 Å². The Bertz CT molecular complexity index is 1240. The van der Waals surface area contributed by atoms with Crippen LogP contribution >= 0.6 is 0 Å². The van der Waals surface area contributed by atoms with E-state index < -0.39 is 25.7 Å². The van der Waals surface area contributed by atoms with Gasteiger partial charge in [0.25, 0.3) is 0 Å². The Labute approximate surface area is 176 Å². The van der Waals surface area contributed by atoms with Crippen LogP contribution in [-0.2, 0) is 32.7 Å². The van der Waals surface area contributed by atoms with Gasteiger partial charge >= 0.3 is 0 Å².